The molecule has 0 amide bonds. The van der Waals surface area contributed by atoms with Crippen LogP contribution >= 0.6 is 35.0 Å². The van der Waals surface area contributed by atoms with Crippen molar-refractivity contribution in [1.82, 2.24) is 14.8 Å². The summed E-state index contributed by atoms with van der Waals surface area (Å²) in [7, 11) is 1.97. The molecule has 0 aliphatic carbocycles. The van der Waals surface area contributed by atoms with Crippen LogP contribution in [-0.4, -0.2) is 14.8 Å². The first kappa shape index (κ1) is 13.7. The zero-order chi connectivity index (χ0) is 13.1. The lowest BCUT2D eigenvalue weighted by atomic mass is 10.2. The standard InChI is InChI=1S/C12H13Cl2N3S/c1-3-11-15-16-12(17(11)2)18-7-8-6-9(13)4-5-10(8)14/h4-6H,3,7H2,1-2H3. The fourth-order valence-corrected chi connectivity index (χ4v) is 2.95. The van der Waals surface area contributed by atoms with Crippen LogP contribution in [0.25, 0.3) is 0 Å². The maximum absolute atomic E-state index is 6.12. The Bertz CT molecular complexity index is 554. The van der Waals surface area contributed by atoms with Gasteiger partial charge in [0, 0.05) is 29.3 Å². The largest absolute Gasteiger partial charge is 0.309 e. The highest BCUT2D eigenvalue weighted by Gasteiger charge is 2.09. The molecule has 1 heterocycles. The molecule has 0 aliphatic heterocycles. The highest BCUT2D eigenvalue weighted by atomic mass is 35.5. The zero-order valence-corrected chi connectivity index (χ0v) is 12.5. The van der Waals surface area contributed by atoms with Gasteiger partial charge in [-0.05, 0) is 23.8 Å². The van der Waals surface area contributed by atoms with Gasteiger partial charge in [-0.3, -0.25) is 0 Å². The monoisotopic (exact) mass is 301 g/mol. The Morgan fingerprint density at radius 2 is 2.06 bits per heavy atom. The van der Waals surface area contributed by atoms with Crippen molar-refractivity contribution in [3.05, 3.63) is 39.6 Å². The number of thioether (sulfide) groups is 1. The number of hydrogen-bond acceptors (Lipinski definition) is 3. The van der Waals surface area contributed by atoms with Crippen molar-refractivity contribution >= 4 is 35.0 Å². The van der Waals surface area contributed by atoms with Crippen LogP contribution in [0.3, 0.4) is 0 Å². The minimum atomic E-state index is 0.696. The summed E-state index contributed by atoms with van der Waals surface area (Å²) in [5, 5.41) is 10.6. The second-order valence-electron chi connectivity index (χ2n) is 3.84. The van der Waals surface area contributed by atoms with Crippen LogP contribution < -0.4 is 0 Å². The summed E-state index contributed by atoms with van der Waals surface area (Å²) in [6.07, 6.45) is 0.877. The number of benzene rings is 1. The minimum absolute atomic E-state index is 0.696. The molecule has 1 aromatic carbocycles. The number of aryl methyl sites for hydroxylation is 1. The minimum Gasteiger partial charge on any atom is -0.309 e. The summed E-state index contributed by atoms with van der Waals surface area (Å²) in [6, 6.07) is 5.48. The van der Waals surface area contributed by atoms with E-state index in [-0.39, 0.29) is 0 Å². The molecule has 1 aromatic heterocycles. The van der Waals surface area contributed by atoms with Crippen LogP contribution in [-0.2, 0) is 19.2 Å². The smallest absolute Gasteiger partial charge is 0.191 e. The molecule has 0 aliphatic rings. The highest BCUT2D eigenvalue weighted by molar-refractivity contribution is 7.98. The van der Waals surface area contributed by atoms with Crippen molar-refractivity contribution in [3.8, 4) is 0 Å². The van der Waals surface area contributed by atoms with Crippen LogP contribution in [0.2, 0.25) is 10.0 Å². The molecule has 2 rings (SSSR count). The van der Waals surface area contributed by atoms with Crippen molar-refractivity contribution in [2.75, 3.05) is 0 Å². The van der Waals surface area contributed by atoms with Gasteiger partial charge in [0.1, 0.15) is 5.82 Å². The molecule has 0 bridgehead atoms. The van der Waals surface area contributed by atoms with Crippen LogP contribution in [0, 0.1) is 0 Å². The third-order valence-electron chi connectivity index (χ3n) is 2.61. The number of nitrogens with zero attached hydrogens (tertiary/aromatic N) is 3. The van der Waals surface area contributed by atoms with Gasteiger partial charge in [-0.15, -0.1) is 10.2 Å². The molecule has 0 radical (unpaired) electrons. The first-order valence-corrected chi connectivity index (χ1v) is 7.31. The van der Waals surface area contributed by atoms with Crippen molar-refractivity contribution in [2.24, 2.45) is 7.05 Å². The molecule has 3 nitrogen and oxygen atoms in total. The fraction of sp³-hybridized carbons (Fsp3) is 0.333. The Balaban J connectivity index is 2.11. The lowest BCUT2D eigenvalue weighted by Crippen LogP contribution is -1.97. The third-order valence-corrected chi connectivity index (χ3v) is 4.28. The molecule has 0 atom stereocenters. The summed E-state index contributed by atoms with van der Waals surface area (Å²) >= 11 is 13.7. The molecule has 18 heavy (non-hydrogen) atoms. The Kier molecular flexibility index (Phi) is 4.54. The predicted octanol–water partition coefficient (Wildman–Crippen LogP) is 3.98. The predicted molar refractivity (Wildman–Crippen MR) is 76.4 cm³/mol. The first-order chi connectivity index (χ1) is 8.61. The topological polar surface area (TPSA) is 30.7 Å². The molecule has 0 saturated heterocycles. The van der Waals surface area contributed by atoms with E-state index in [1.54, 1.807) is 17.8 Å². The van der Waals surface area contributed by atoms with Gasteiger partial charge in [-0.1, -0.05) is 41.9 Å². The van der Waals surface area contributed by atoms with Crippen molar-refractivity contribution < 1.29 is 0 Å². The molecule has 96 valence electrons. The highest BCUT2D eigenvalue weighted by Crippen LogP contribution is 2.27. The van der Waals surface area contributed by atoms with Crippen molar-refractivity contribution in [1.29, 1.82) is 0 Å². The fourth-order valence-electron chi connectivity index (χ4n) is 1.57. The van der Waals surface area contributed by atoms with Gasteiger partial charge in [0.15, 0.2) is 5.16 Å². The Labute approximate surface area is 121 Å². The Morgan fingerprint density at radius 1 is 1.28 bits per heavy atom. The van der Waals surface area contributed by atoms with E-state index in [2.05, 4.69) is 17.1 Å². The molecule has 0 unspecified atom stereocenters. The van der Waals surface area contributed by atoms with Crippen LogP contribution in [0.15, 0.2) is 23.4 Å². The maximum Gasteiger partial charge on any atom is 0.191 e. The van der Waals surface area contributed by atoms with Gasteiger partial charge in [-0.2, -0.15) is 0 Å². The van der Waals surface area contributed by atoms with Crippen LogP contribution in [0.5, 0.6) is 0 Å². The van der Waals surface area contributed by atoms with E-state index in [0.29, 0.717) is 5.02 Å². The van der Waals surface area contributed by atoms with Gasteiger partial charge >= 0.3 is 0 Å². The van der Waals surface area contributed by atoms with Gasteiger partial charge in [0.25, 0.3) is 0 Å². The SMILES string of the molecule is CCc1nnc(SCc2cc(Cl)ccc2Cl)n1C. The molecule has 0 saturated carbocycles. The van der Waals surface area contributed by atoms with E-state index in [9.17, 15) is 0 Å². The van der Waals surface area contributed by atoms with E-state index >= 15 is 0 Å². The summed E-state index contributed by atoms with van der Waals surface area (Å²) in [6.45, 7) is 2.06. The van der Waals surface area contributed by atoms with E-state index in [0.717, 1.165) is 33.7 Å². The number of aromatic nitrogens is 3. The molecule has 0 spiro atoms. The van der Waals surface area contributed by atoms with Crippen molar-refractivity contribution in [3.63, 3.8) is 0 Å². The maximum atomic E-state index is 6.12. The molecular weight excluding hydrogens is 289 g/mol. The zero-order valence-electron chi connectivity index (χ0n) is 10.2. The van der Waals surface area contributed by atoms with Gasteiger partial charge in [-0.25, -0.2) is 0 Å². The lowest BCUT2D eigenvalue weighted by Gasteiger charge is -2.05. The van der Waals surface area contributed by atoms with Gasteiger partial charge < -0.3 is 4.57 Å². The van der Waals surface area contributed by atoms with E-state index in [1.807, 2.05) is 23.7 Å². The lowest BCUT2D eigenvalue weighted by molar-refractivity contribution is 0.741. The van der Waals surface area contributed by atoms with Crippen LogP contribution in [0.1, 0.15) is 18.3 Å². The Morgan fingerprint density at radius 3 is 2.72 bits per heavy atom. The average molecular weight is 302 g/mol. The van der Waals surface area contributed by atoms with E-state index in [1.165, 1.54) is 0 Å². The summed E-state index contributed by atoms with van der Waals surface area (Å²) < 4.78 is 2.00. The summed E-state index contributed by atoms with van der Waals surface area (Å²) in [5.41, 5.74) is 1.01. The average Bonchev–Trinajstić information content (AvgIpc) is 2.71. The number of halogens is 2. The van der Waals surface area contributed by atoms with Crippen molar-refractivity contribution in [2.45, 2.75) is 24.3 Å². The van der Waals surface area contributed by atoms with Gasteiger partial charge in [0.05, 0.1) is 0 Å². The second kappa shape index (κ2) is 5.95. The number of hydrogen-bond donors (Lipinski definition) is 0. The van der Waals surface area contributed by atoms with Gasteiger partial charge in [0.2, 0.25) is 0 Å². The quantitative estimate of drug-likeness (QED) is 0.800. The number of rotatable bonds is 4. The van der Waals surface area contributed by atoms with E-state index < -0.39 is 0 Å². The molecule has 0 N–H and O–H groups in total. The van der Waals surface area contributed by atoms with E-state index in [4.69, 9.17) is 23.2 Å². The molecule has 0 fully saturated rings. The molecular formula is C12H13Cl2N3S. The second-order valence-corrected chi connectivity index (χ2v) is 5.62. The summed E-state index contributed by atoms with van der Waals surface area (Å²) in [4.78, 5) is 0. The molecule has 2 aromatic rings. The third kappa shape index (κ3) is 2.99. The normalized spacial score (nSPS) is 10.9. The van der Waals surface area contributed by atoms with Crippen LogP contribution in [0.4, 0.5) is 0 Å². The Hall–Kier alpha value is -0.710. The summed E-state index contributed by atoms with van der Waals surface area (Å²) in [5.74, 6) is 1.71. The molecule has 6 heteroatoms. The first-order valence-electron chi connectivity index (χ1n) is 5.56.